The number of aliphatic hydroxyl groups is 1. The second-order valence-electron chi connectivity index (χ2n) is 6.21. The number of methoxy groups -OCH3 is 1. The van der Waals surface area contributed by atoms with Crippen LogP contribution in [0.4, 0.5) is 0 Å². The van der Waals surface area contributed by atoms with Gasteiger partial charge in [0.05, 0.1) is 13.2 Å². The van der Waals surface area contributed by atoms with Crippen molar-refractivity contribution in [2.24, 2.45) is 0 Å². The molecule has 0 bridgehead atoms. The van der Waals surface area contributed by atoms with Crippen LogP contribution in [0.25, 0.3) is 0 Å². The molecule has 4 nitrogen and oxygen atoms in total. The summed E-state index contributed by atoms with van der Waals surface area (Å²) in [6, 6.07) is 0.665. The molecule has 0 aromatic rings. The smallest absolute Gasteiger partial charge is 0.0610 e. The van der Waals surface area contributed by atoms with E-state index in [1.54, 1.807) is 7.11 Å². The Morgan fingerprint density at radius 2 is 1.81 bits per heavy atom. The number of aliphatic hydroxyl groups excluding tert-OH is 1. The topological polar surface area (TPSA) is 44.7 Å². The number of hydrogen-bond acceptors (Lipinski definition) is 4. The van der Waals surface area contributed by atoms with Crippen LogP contribution in [0, 0.1) is 0 Å². The third kappa shape index (κ3) is 8.77. The minimum absolute atomic E-state index is 0.124. The van der Waals surface area contributed by atoms with Crippen LogP contribution < -0.4 is 5.32 Å². The van der Waals surface area contributed by atoms with Gasteiger partial charge in [0.15, 0.2) is 0 Å². The molecule has 0 aliphatic rings. The summed E-state index contributed by atoms with van der Waals surface area (Å²) < 4.78 is 5.24. The first-order chi connectivity index (χ1) is 10.1. The van der Waals surface area contributed by atoms with Crippen molar-refractivity contribution < 1.29 is 9.84 Å². The number of likely N-dealkylation sites (N-methyl/N-ethyl adjacent to an activating group) is 1. The van der Waals surface area contributed by atoms with E-state index >= 15 is 0 Å². The Kier molecular flexibility index (Phi) is 12.3. The zero-order chi connectivity index (χ0) is 16.1. The van der Waals surface area contributed by atoms with Gasteiger partial charge in [-0.25, -0.2) is 0 Å². The lowest BCUT2D eigenvalue weighted by atomic mass is 9.95. The molecule has 0 spiro atoms. The third-order valence-corrected chi connectivity index (χ3v) is 4.42. The minimum atomic E-state index is -0.124. The Labute approximate surface area is 132 Å². The highest BCUT2D eigenvalue weighted by atomic mass is 16.5. The van der Waals surface area contributed by atoms with Crippen LogP contribution >= 0.6 is 0 Å². The van der Waals surface area contributed by atoms with E-state index in [1.165, 1.54) is 19.3 Å². The maximum absolute atomic E-state index is 9.52. The monoisotopic (exact) mass is 302 g/mol. The zero-order valence-corrected chi connectivity index (χ0v) is 15.0. The van der Waals surface area contributed by atoms with E-state index in [-0.39, 0.29) is 12.1 Å². The molecule has 0 aliphatic carbocycles. The van der Waals surface area contributed by atoms with Gasteiger partial charge in [-0.2, -0.15) is 0 Å². The summed E-state index contributed by atoms with van der Waals surface area (Å²) in [7, 11) is 1.77. The summed E-state index contributed by atoms with van der Waals surface area (Å²) in [5.41, 5.74) is -0.124. The highest BCUT2D eigenvalue weighted by Crippen LogP contribution is 2.15. The molecule has 0 fully saturated rings. The van der Waals surface area contributed by atoms with Gasteiger partial charge in [0.25, 0.3) is 0 Å². The van der Waals surface area contributed by atoms with Gasteiger partial charge in [-0.1, -0.05) is 27.2 Å². The summed E-state index contributed by atoms with van der Waals surface area (Å²) in [6.07, 6.45) is 5.76. The molecule has 0 aliphatic heterocycles. The van der Waals surface area contributed by atoms with Gasteiger partial charge in [0.2, 0.25) is 0 Å². The van der Waals surface area contributed by atoms with Gasteiger partial charge in [-0.15, -0.1) is 0 Å². The molecular weight excluding hydrogens is 264 g/mol. The predicted octanol–water partition coefficient (Wildman–Crippen LogP) is 2.65. The van der Waals surface area contributed by atoms with E-state index in [1.807, 2.05) is 0 Å². The number of ether oxygens (including phenoxy) is 1. The normalized spacial score (nSPS) is 14.9. The molecule has 1 unspecified atom stereocenters. The van der Waals surface area contributed by atoms with Crippen molar-refractivity contribution in [3.05, 3.63) is 0 Å². The van der Waals surface area contributed by atoms with E-state index in [4.69, 9.17) is 4.74 Å². The Morgan fingerprint density at radius 1 is 1.14 bits per heavy atom. The molecule has 2 N–H and O–H groups in total. The highest BCUT2D eigenvalue weighted by Gasteiger charge is 2.21. The first-order valence-corrected chi connectivity index (χ1v) is 8.65. The van der Waals surface area contributed by atoms with E-state index in [0.717, 1.165) is 39.1 Å². The summed E-state index contributed by atoms with van der Waals surface area (Å²) in [5.74, 6) is 0. The lowest BCUT2D eigenvalue weighted by molar-refractivity contribution is 0.111. The van der Waals surface area contributed by atoms with Crippen LogP contribution in [0.1, 0.15) is 59.8 Å². The first kappa shape index (κ1) is 20.8. The average Bonchev–Trinajstić information content (AvgIpc) is 2.49. The van der Waals surface area contributed by atoms with E-state index in [9.17, 15) is 5.11 Å². The lowest BCUT2D eigenvalue weighted by Crippen LogP contribution is -2.45. The van der Waals surface area contributed by atoms with Gasteiger partial charge in [0.1, 0.15) is 0 Å². The molecule has 0 radical (unpaired) electrons. The molecule has 0 aromatic carbocycles. The van der Waals surface area contributed by atoms with Crippen LogP contribution in [0.5, 0.6) is 0 Å². The van der Waals surface area contributed by atoms with Crippen molar-refractivity contribution in [3.8, 4) is 0 Å². The van der Waals surface area contributed by atoms with Crippen molar-refractivity contribution >= 4 is 0 Å². The fourth-order valence-electron chi connectivity index (χ4n) is 2.97. The van der Waals surface area contributed by atoms with E-state index in [2.05, 4.69) is 37.9 Å². The molecule has 4 heteroatoms. The Bertz CT molecular complexity index is 235. The quantitative estimate of drug-likeness (QED) is 0.484. The van der Waals surface area contributed by atoms with Gasteiger partial charge < -0.3 is 15.2 Å². The number of nitrogens with one attached hydrogen (secondary N) is 1. The fourth-order valence-corrected chi connectivity index (χ4v) is 2.97. The Balaban J connectivity index is 4.17. The SMILES string of the molecule is CCNC(C)(CO)CCCCN(CCOC)C(CC)CC. The van der Waals surface area contributed by atoms with Crippen LogP contribution in [0.3, 0.4) is 0 Å². The molecule has 0 aromatic heterocycles. The van der Waals surface area contributed by atoms with Crippen LogP contribution in [0.15, 0.2) is 0 Å². The van der Waals surface area contributed by atoms with Crippen molar-refractivity contribution in [2.75, 3.05) is 40.0 Å². The van der Waals surface area contributed by atoms with Crippen molar-refractivity contribution in [3.63, 3.8) is 0 Å². The summed E-state index contributed by atoms with van der Waals surface area (Å²) in [4.78, 5) is 2.56. The number of nitrogens with zero attached hydrogens (tertiary/aromatic N) is 1. The Morgan fingerprint density at radius 3 is 2.29 bits per heavy atom. The minimum Gasteiger partial charge on any atom is -0.394 e. The van der Waals surface area contributed by atoms with Gasteiger partial charge in [0, 0.05) is 25.2 Å². The van der Waals surface area contributed by atoms with Crippen LogP contribution in [-0.4, -0.2) is 61.5 Å². The second-order valence-corrected chi connectivity index (χ2v) is 6.21. The maximum Gasteiger partial charge on any atom is 0.0610 e. The van der Waals surface area contributed by atoms with Gasteiger partial charge >= 0.3 is 0 Å². The van der Waals surface area contributed by atoms with Crippen LogP contribution in [-0.2, 0) is 4.74 Å². The molecule has 21 heavy (non-hydrogen) atoms. The Hall–Kier alpha value is -0.160. The maximum atomic E-state index is 9.52. The highest BCUT2D eigenvalue weighted by molar-refractivity contribution is 4.81. The van der Waals surface area contributed by atoms with Crippen molar-refractivity contribution in [1.29, 1.82) is 0 Å². The lowest BCUT2D eigenvalue weighted by Gasteiger charge is -2.31. The predicted molar refractivity (Wildman–Crippen MR) is 90.8 cm³/mol. The number of rotatable bonds is 14. The summed E-state index contributed by atoms with van der Waals surface area (Å²) in [5, 5.41) is 12.9. The molecule has 1 atom stereocenters. The molecule has 0 rings (SSSR count). The third-order valence-electron chi connectivity index (χ3n) is 4.42. The molecule has 0 saturated heterocycles. The van der Waals surface area contributed by atoms with E-state index < -0.39 is 0 Å². The van der Waals surface area contributed by atoms with Gasteiger partial charge in [-0.05, 0) is 45.7 Å². The molecular formula is C17H38N2O2. The molecule has 0 amide bonds. The average molecular weight is 303 g/mol. The standard InChI is InChI=1S/C17H38N2O2/c1-6-16(7-2)19(13-14-21-5)12-10-9-11-17(4,15-20)18-8-3/h16,18,20H,6-15H2,1-5H3. The van der Waals surface area contributed by atoms with Crippen LogP contribution in [0.2, 0.25) is 0 Å². The van der Waals surface area contributed by atoms with Crippen molar-refractivity contribution in [2.45, 2.75) is 71.4 Å². The fraction of sp³-hybridized carbons (Fsp3) is 1.00. The number of unbranched alkanes of at least 4 members (excludes halogenated alkanes) is 1. The van der Waals surface area contributed by atoms with E-state index in [0.29, 0.717) is 6.04 Å². The summed E-state index contributed by atoms with van der Waals surface area (Å²) >= 11 is 0. The first-order valence-electron chi connectivity index (χ1n) is 8.65. The number of hydrogen-bond donors (Lipinski definition) is 2. The summed E-state index contributed by atoms with van der Waals surface area (Å²) in [6.45, 7) is 12.8. The molecule has 128 valence electrons. The molecule has 0 heterocycles. The second kappa shape index (κ2) is 12.4. The zero-order valence-electron chi connectivity index (χ0n) is 15.0. The molecule has 0 saturated carbocycles. The van der Waals surface area contributed by atoms with Crippen molar-refractivity contribution in [1.82, 2.24) is 10.2 Å². The van der Waals surface area contributed by atoms with Gasteiger partial charge in [-0.3, -0.25) is 4.90 Å². The largest absolute Gasteiger partial charge is 0.394 e.